The third-order valence-electron chi connectivity index (χ3n) is 2.64. The van der Waals surface area contributed by atoms with Crippen LogP contribution in [0.4, 0.5) is 0 Å². The Morgan fingerprint density at radius 3 is 2.69 bits per heavy atom. The SMILES string of the molecule is C=C(CC)CC(=O)CC(N)C1CC1. The fourth-order valence-electron chi connectivity index (χ4n) is 1.43. The van der Waals surface area contributed by atoms with Gasteiger partial charge in [0.2, 0.25) is 0 Å². The zero-order valence-corrected chi connectivity index (χ0v) is 8.38. The summed E-state index contributed by atoms with van der Waals surface area (Å²) in [6.45, 7) is 5.84. The molecule has 0 bridgehead atoms. The summed E-state index contributed by atoms with van der Waals surface area (Å²) in [4.78, 5) is 11.4. The minimum atomic E-state index is 0.108. The largest absolute Gasteiger partial charge is 0.327 e. The second kappa shape index (κ2) is 4.56. The molecule has 2 nitrogen and oxygen atoms in total. The normalized spacial score (nSPS) is 18.3. The maximum atomic E-state index is 11.4. The highest BCUT2D eigenvalue weighted by molar-refractivity contribution is 5.81. The van der Waals surface area contributed by atoms with Crippen molar-refractivity contribution in [1.29, 1.82) is 0 Å². The van der Waals surface area contributed by atoms with Crippen molar-refractivity contribution in [2.24, 2.45) is 11.7 Å². The first-order valence-electron chi connectivity index (χ1n) is 5.07. The minimum absolute atomic E-state index is 0.108. The molecule has 13 heavy (non-hydrogen) atoms. The molecule has 2 N–H and O–H groups in total. The highest BCUT2D eigenvalue weighted by atomic mass is 16.1. The minimum Gasteiger partial charge on any atom is -0.327 e. The van der Waals surface area contributed by atoms with Crippen molar-refractivity contribution in [2.75, 3.05) is 0 Å². The number of nitrogens with two attached hydrogens (primary N) is 1. The van der Waals surface area contributed by atoms with E-state index in [1.807, 2.05) is 6.92 Å². The van der Waals surface area contributed by atoms with E-state index < -0.39 is 0 Å². The average molecular weight is 181 g/mol. The molecule has 0 aliphatic heterocycles. The number of allylic oxidation sites excluding steroid dienone is 1. The van der Waals surface area contributed by atoms with Gasteiger partial charge in [-0.05, 0) is 25.2 Å². The highest BCUT2D eigenvalue weighted by Crippen LogP contribution is 2.33. The molecule has 1 aliphatic rings. The number of carbonyl (C=O) groups excluding carboxylic acids is 1. The van der Waals surface area contributed by atoms with Gasteiger partial charge in [-0.15, -0.1) is 0 Å². The van der Waals surface area contributed by atoms with Gasteiger partial charge in [-0.3, -0.25) is 4.79 Å². The molecule has 1 unspecified atom stereocenters. The Bertz CT molecular complexity index is 206. The standard InChI is InChI=1S/C11H19NO/c1-3-8(2)6-10(13)7-11(12)9-4-5-9/h9,11H,2-7,12H2,1H3. The first-order valence-corrected chi connectivity index (χ1v) is 5.07. The predicted molar refractivity (Wildman–Crippen MR) is 54.4 cm³/mol. The molecule has 0 amide bonds. The Balaban J connectivity index is 2.19. The molecule has 0 aromatic heterocycles. The molecule has 0 aromatic carbocycles. The van der Waals surface area contributed by atoms with Crippen molar-refractivity contribution in [3.05, 3.63) is 12.2 Å². The topological polar surface area (TPSA) is 43.1 Å². The summed E-state index contributed by atoms with van der Waals surface area (Å²) >= 11 is 0. The third-order valence-corrected chi connectivity index (χ3v) is 2.64. The molecule has 0 radical (unpaired) electrons. The van der Waals surface area contributed by atoms with Crippen molar-refractivity contribution >= 4 is 5.78 Å². The van der Waals surface area contributed by atoms with Crippen LogP contribution in [0.3, 0.4) is 0 Å². The van der Waals surface area contributed by atoms with Gasteiger partial charge in [0.15, 0.2) is 0 Å². The Labute approximate surface area is 80.2 Å². The molecule has 0 saturated heterocycles. The van der Waals surface area contributed by atoms with Crippen molar-refractivity contribution in [1.82, 2.24) is 0 Å². The van der Waals surface area contributed by atoms with Crippen molar-refractivity contribution in [3.8, 4) is 0 Å². The van der Waals surface area contributed by atoms with Gasteiger partial charge >= 0.3 is 0 Å². The van der Waals surface area contributed by atoms with Gasteiger partial charge in [0.25, 0.3) is 0 Å². The lowest BCUT2D eigenvalue weighted by atomic mass is 10.0. The Morgan fingerprint density at radius 1 is 1.62 bits per heavy atom. The zero-order chi connectivity index (χ0) is 9.84. The van der Waals surface area contributed by atoms with Gasteiger partial charge in [0, 0.05) is 18.9 Å². The predicted octanol–water partition coefficient (Wildman–Crippen LogP) is 2.04. The number of carbonyl (C=O) groups is 1. The summed E-state index contributed by atoms with van der Waals surface area (Å²) in [6, 6.07) is 0.108. The van der Waals surface area contributed by atoms with Gasteiger partial charge in [0.05, 0.1) is 0 Å². The van der Waals surface area contributed by atoms with Crippen LogP contribution in [-0.4, -0.2) is 11.8 Å². The summed E-state index contributed by atoms with van der Waals surface area (Å²) in [5, 5.41) is 0. The summed E-state index contributed by atoms with van der Waals surface area (Å²) in [6.07, 6.45) is 4.39. The zero-order valence-electron chi connectivity index (χ0n) is 8.38. The number of hydrogen-bond donors (Lipinski definition) is 1. The van der Waals surface area contributed by atoms with E-state index >= 15 is 0 Å². The molecule has 1 aliphatic carbocycles. The van der Waals surface area contributed by atoms with Crippen LogP contribution in [0.1, 0.15) is 39.0 Å². The highest BCUT2D eigenvalue weighted by Gasteiger charge is 2.29. The lowest BCUT2D eigenvalue weighted by Gasteiger charge is -2.09. The molecular weight excluding hydrogens is 162 g/mol. The van der Waals surface area contributed by atoms with E-state index in [1.54, 1.807) is 0 Å². The summed E-state index contributed by atoms with van der Waals surface area (Å²) in [5.41, 5.74) is 6.87. The number of Topliss-reactive ketones (excluding diaryl/α,β-unsaturated/α-hetero) is 1. The van der Waals surface area contributed by atoms with Crippen LogP contribution in [0, 0.1) is 5.92 Å². The van der Waals surface area contributed by atoms with E-state index in [-0.39, 0.29) is 11.8 Å². The fourth-order valence-corrected chi connectivity index (χ4v) is 1.43. The van der Waals surface area contributed by atoms with Gasteiger partial charge in [0.1, 0.15) is 5.78 Å². The van der Waals surface area contributed by atoms with Crippen LogP contribution in [0.5, 0.6) is 0 Å². The fraction of sp³-hybridized carbons (Fsp3) is 0.727. The lowest BCUT2D eigenvalue weighted by Crippen LogP contribution is -2.25. The lowest BCUT2D eigenvalue weighted by molar-refractivity contribution is -0.118. The second-order valence-corrected chi connectivity index (χ2v) is 4.02. The van der Waals surface area contributed by atoms with Crippen LogP contribution in [-0.2, 0) is 4.79 Å². The first kappa shape index (κ1) is 10.5. The molecule has 0 heterocycles. The number of rotatable bonds is 6. The maximum Gasteiger partial charge on any atom is 0.138 e. The second-order valence-electron chi connectivity index (χ2n) is 4.02. The molecule has 0 spiro atoms. The summed E-state index contributed by atoms with van der Waals surface area (Å²) in [7, 11) is 0. The van der Waals surface area contributed by atoms with E-state index in [0.29, 0.717) is 18.8 Å². The molecule has 1 rings (SSSR count). The molecule has 2 heteroatoms. The third kappa shape index (κ3) is 3.73. The van der Waals surface area contributed by atoms with E-state index in [1.165, 1.54) is 12.8 Å². The average Bonchev–Trinajstić information content (AvgIpc) is 2.85. The molecule has 0 aromatic rings. The van der Waals surface area contributed by atoms with Gasteiger partial charge in [-0.25, -0.2) is 0 Å². The molecule has 1 fully saturated rings. The Kier molecular flexibility index (Phi) is 3.67. The first-order chi connectivity index (χ1) is 6.13. The quantitative estimate of drug-likeness (QED) is 0.637. The van der Waals surface area contributed by atoms with E-state index in [9.17, 15) is 4.79 Å². The molecule has 1 atom stereocenters. The van der Waals surface area contributed by atoms with Crippen LogP contribution < -0.4 is 5.73 Å². The van der Waals surface area contributed by atoms with Gasteiger partial charge < -0.3 is 5.73 Å². The van der Waals surface area contributed by atoms with E-state index in [4.69, 9.17) is 5.73 Å². The van der Waals surface area contributed by atoms with Crippen LogP contribution in [0.2, 0.25) is 0 Å². The van der Waals surface area contributed by atoms with Crippen molar-refractivity contribution in [3.63, 3.8) is 0 Å². The van der Waals surface area contributed by atoms with Gasteiger partial charge in [-0.1, -0.05) is 19.1 Å². The van der Waals surface area contributed by atoms with Crippen LogP contribution >= 0.6 is 0 Å². The molecular formula is C11H19NO. The summed E-state index contributed by atoms with van der Waals surface area (Å²) < 4.78 is 0. The van der Waals surface area contributed by atoms with Crippen molar-refractivity contribution < 1.29 is 4.79 Å². The summed E-state index contributed by atoms with van der Waals surface area (Å²) in [5.74, 6) is 0.880. The van der Waals surface area contributed by atoms with Crippen LogP contribution in [0.25, 0.3) is 0 Å². The monoisotopic (exact) mass is 181 g/mol. The smallest absolute Gasteiger partial charge is 0.138 e. The van der Waals surface area contributed by atoms with E-state index in [2.05, 4.69) is 6.58 Å². The van der Waals surface area contributed by atoms with Crippen molar-refractivity contribution in [2.45, 2.75) is 45.1 Å². The van der Waals surface area contributed by atoms with Gasteiger partial charge in [-0.2, -0.15) is 0 Å². The molecule has 1 saturated carbocycles. The van der Waals surface area contributed by atoms with Crippen LogP contribution in [0.15, 0.2) is 12.2 Å². The number of hydrogen-bond acceptors (Lipinski definition) is 2. The Hall–Kier alpha value is -0.630. The van der Waals surface area contributed by atoms with E-state index in [0.717, 1.165) is 12.0 Å². The molecule has 74 valence electrons. The Morgan fingerprint density at radius 2 is 2.23 bits per heavy atom. The number of ketones is 1. The maximum absolute atomic E-state index is 11.4.